The van der Waals surface area contributed by atoms with E-state index in [9.17, 15) is 0 Å². The van der Waals surface area contributed by atoms with Crippen LogP contribution in [-0.4, -0.2) is 59.9 Å². The van der Waals surface area contributed by atoms with Gasteiger partial charge in [-0.15, -0.1) is 0 Å². The summed E-state index contributed by atoms with van der Waals surface area (Å²) >= 11 is 6.64. The molecule has 0 amide bonds. The summed E-state index contributed by atoms with van der Waals surface area (Å²) in [5.41, 5.74) is 14.5. The normalized spacial score (nSPS) is 18.1. The van der Waals surface area contributed by atoms with E-state index in [1.165, 1.54) is 13.3 Å². The van der Waals surface area contributed by atoms with Gasteiger partial charge in [0, 0.05) is 20.1 Å². The van der Waals surface area contributed by atoms with Crippen LogP contribution in [0, 0.1) is 25.2 Å². The van der Waals surface area contributed by atoms with E-state index in [0.29, 0.717) is 39.1 Å². The zero-order valence-electron chi connectivity index (χ0n) is 23.2. The van der Waals surface area contributed by atoms with Crippen LogP contribution in [0.4, 0.5) is 11.6 Å². The second-order valence-corrected chi connectivity index (χ2v) is 9.98. The van der Waals surface area contributed by atoms with Crippen LogP contribution < -0.4 is 11.5 Å². The van der Waals surface area contributed by atoms with Crippen LogP contribution in [0.2, 0.25) is 0 Å². The van der Waals surface area contributed by atoms with Crippen LogP contribution in [0.5, 0.6) is 0 Å². The van der Waals surface area contributed by atoms with E-state index in [2.05, 4.69) is 70.6 Å². The Morgan fingerprint density at radius 1 is 0.951 bits per heavy atom. The first-order valence-corrected chi connectivity index (χ1v) is 14.2. The molecular formula is C24H33BBrN12O2S. The number of nitrogens with zero attached hydrogens (tertiary/aromatic N) is 10. The van der Waals surface area contributed by atoms with Crippen molar-refractivity contribution in [2.75, 3.05) is 24.7 Å². The molecule has 0 saturated carbocycles. The molecule has 217 valence electrons. The SMILES string of the molecule is CC#N.Cc1nc(N)c2nc(Br)n(C3CCCCO3)c2n1.Cc1nc(N)c2ncn(C3CCCCO3)c2n1.[B]=NS. The van der Waals surface area contributed by atoms with Gasteiger partial charge in [0.05, 0.1) is 12.4 Å². The molecule has 0 bridgehead atoms. The number of nitrogens with two attached hydrogens (primary N) is 2. The van der Waals surface area contributed by atoms with Crippen LogP contribution in [0.25, 0.3) is 22.3 Å². The average molecular weight is 644 g/mol. The third-order valence-corrected chi connectivity index (χ3v) is 6.66. The van der Waals surface area contributed by atoms with Gasteiger partial charge in [-0.1, -0.05) is 0 Å². The number of ether oxygens (including phenoxy) is 2. The molecule has 2 aliphatic heterocycles. The quantitative estimate of drug-likeness (QED) is 0.160. The fourth-order valence-corrected chi connectivity index (χ4v) is 5.04. The Kier molecular flexibility index (Phi) is 12.4. The molecule has 4 N–H and O–H groups in total. The number of aromatic nitrogens is 8. The van der Waals surface area contributed by atoms with E-state index in [4.69, 9.17) is 26.2 Å². The van der Waals surface area contributed by atoms with Gasteiger partial charge in [-0.25, -0.2) is 29.9 Å². The first kappa shape index (κ1) is 32.3. The summed E-state index contributed by atoms with van der Waals surface area (Å²) < 4.78 is 18.8. The van der Waals surface area contributed by atoms with Crippen LogP contribution in [0.1, 0.15) is 69.6 Å². The first-order valence-electron chi connectivity index (χ1n) is 13.0. The van der Waals surface area contributed by atoms with E-state index >= 15 is 0 Å². The van der Waals surface area contributed by atoms with Crippen molar-refractivity contribution in [3.05, 3.63) is 22.7 Å². The minimum atomic E-state index is -0.0215. The number of anilines is 2. The molecule has 41 heavy (non-hydrogen) atoms. The number of hydrogen-bond acceptors (Lipinski definition) is 13. The van der Waals surface area contributed by atoms with Crippen molar-refractivity contribution in [3.63, 3.8) is 0 Å². The van der Waals surface area contributed by atoms with Crippen molar-refractivity contribution < 1.29 is 9.47 Å². The van der Waals surface area contributed by atoms with Crippen LogP contribution in [0.15, 0.2) is 15.4 Å². The fraction of sp³-hybridized carbons (Fsp3) is 0.542. The van der Waals surface area contributed by atoms with Crippen LogP contribution in [0.3, 0.4) is 0 Å². The van der Waals surface area contributed by atoms with Crippen molar-refractivity contribution in [3.8, 4) is 6.07 Å². The molecule has 4 aromatic heterocycles. The Morgan fingerprint density at radius 2 is 1.46 bits per heavy atom. The molecule has 2 aliphatic rings. The topological polar surface area (TPSA) is 194 Å². The van der Waals surface area contributed by atoms with E-state index in [1.54, 1.807) is 12.4 Å². The van der Waals surface area contributed by atoms with Crippen molar-refractivity contribution in [2.24, 2.45) is 4.30 Å². The summed E-state index contributed by atoms with van der Waals surface area (Å²) in [6.07, 6.45) is 8.26. The molecule has 2 unspecified atom stereocenters. The van der Waals surface area contributed by atoms with Crippen molar-refractivity contribution in [1.29, 1.82) is 5.26 Å². The molecule has 2 fully saturated rings. The molecule has 6 heterocycles. The predicted molar refractivity (Wildman–Crippen MR) is 163 cm³/mol. The molecule has 1 radical (unpaired) electrons. The molecule has 2 atom stereocenters. The molecule has 0 aliphatic carbocycles. The monoisotopic (exact) mass is 643 g/mol. The van der Waals surface area contributed by atoms with Gasteiger partial charge in [0.2, 0.25) is 0 Å². The zero-order valence-corrected chi connectivity index (χ0v) is 25.7. The number of aryl methyl sites for hydroxylation is 2. The number of thiol groups is 1. The number of rotatable bonds is 2. The molecule has 2 saturated heterocycles. The first-order chi connectivity index (χ1) is 19.7. The molecule has 17 heteroatoms. The summed E-state index contributed by atoms with van der Waals surface area (Å²) in [5, 5.41) is 7.32. The predicted octanol–water partition coefficient (Wildman–Crippen LogP) is 4.31. The number of fused-ring (bicyclic) bond motifs is 2. The van der Waals surface area contributed by atoms with Gasteiger partial charge < -0.3 is 20.9 Å². The van der Waals surface area contributed by atoms with Crippen LogP contribution in [-0.2, 0) is 9.47 Å². The number of hydrogen-bond donors (Lipinski definition) is 3. The van der Waals surface area contributed by atoms with Crippen molar-refractivity contribution in [1.82, 2.24) is 39.0 Å². The van der Waals surface area contributed by atoms with E-state index in [1.807, 2.05) is 23.0 Å². The number of nitrogen functional groups attached to an aromatic ring is 2. The van der Waals surface area contributed by atoms with Gasteiger partial charge in [-0.2, -0.15) is 5.26 Å². The van der Waals surface area contributed by atoms with E-state index in [0.717, 1.165) is 56.6 Å². The van der Waals surface area contributed by atoms with Gasteiger partial charge in [-0.05, 0) is 68.3 Å². The van der Waals surface area contributed by atoms with Crippen LogP contribution >= 0.6 is 28.7 Å². The molecule has 4 aromatic rings. The number of halogens is 1. The number of imidazole rings is 2. The summed E-state index contributed by atoms with van der Waals surface area (Å²) in [6.45, 7) is 6.65. The van der Waals surface area contributed by atoms with E-state index < -0.39 is 0 Å². The Labute approximate surface area is 253 Å². The van der Waals surface area contributed by atoms with Crippen molar-refractivity contribution in [2.45, 2.75) is 71.8 Å². The molecule has 0 aromatic carbocycles. The minimum absolute atomic E-state index is 0.0215. The summed E-state index contributed by atoms with van der Waals surface area (Å²) in [7, 11) is 4.34. The number of nitriles is 1. The van der Waals surface area contributed by atoms with Gasteiger partial charge in [0.15, 0.2) is 33.2 Å². The van der Waals surface area contributed by atoms with Gasteiger partial charge in [0.25, 0.3) is 0 Å². The maximum absolute atomic E-state index is 7.32. The molecule has 0 spiro atoms. The summed E-state index contributed by atoms with van der Waals surface area (Å²) in [6, 6.07) is 1.75. The van der Waals surface area contributed by atoms with E-state index in [-0.39, 0.29) is 12.5 Å². The van der Waals surface area contributed by atoms with Crippen molar-refractivity contribution >= 4 is 70.3 Å². The van der Waals surface area contributed by atoms with Gasteiger partial charge >= 0.3 is 24.8 Å². The Morgan fingerprint density at radius 3 is 2.00 bits per heavy atom. The summed E-state index contributed by atoms with van der Waals surface area (Å²) in [4.78, 5) is 25.7. The maximum atomic E-state index is 7.32. The Hall–Kier alpha value is -3.20. The second kappa shape index (κ2) is 15.7. The summed E-state index contributed by atoms with van der Waals surface area (Å²) in [5.74, 6) is 2.15. The Balaban J connectivity index is 0.000000190. The second-order valence-electron chi connectivity index (χ2n) is 9.04. The average Bonchev–Trinajstić information content (AvgIpc) is 3.52. The Bertz CT molecular complexity index is 1500. The molecule has 14 nitrogen and oxygen atoms in total. The fourth-order valence-electron chi connectivity index (χ4n) is 4.47. The zero-order chi connectivity index (χ0) is 29.9. The third kappa shape index (κ3) is 8.18. The third-order valence-electron chi connectivity index (χ3n) is 6.11. The molecule has 6 rings (SSSR count). The van der Waals surface area contributed by atoms with Gasteiger partial charge in [0.1, 0.15) is 29.6 Å². The standard InChI is InChI=1S/C11H14BrN5O.C11H15N5O.C2H3N.BHNS/c1-6-14-9(13)8-10(15-6)17(11(12)16-8)7-4-2-3-5-18-7;1-7-14-10(12)9-11(15-7)16(6-13-9)8-4-2-3-5-17-8;2*1-2-3/h7H,2-5H2,1H3,(H2,13,14,15);6,8H,2-5H2,1H3,(H2,12,14,15);1H3;3H. The molecular weight excluding hydrogens is 611 g/mol. The van der Waals surface area contributed by atoms with Gasteiger partial charge in [-0.3, -0.25) is 9.13 Å².